The predicted octanol–water partition coefficient (Wildman–Crippen LogP) is 6.68. The van der Waals surface area contributed by atoms with Gasteiger partial charge in [0.05, 0.1) is 29.1 Å². The molecular weight excluding hydrogens is 404 g/mol. The third-order valence-electron chi connectivity index (χ3n) is 5.69. The number of hydrogen-bond donors (Lipinski definition) is 0. The molecule has 0 N–H and O–H groups in total. The van der Waals surface area contributed by atoms with Gasteiger partial charge in [0.2, 0.25) is 0 Å². The molecule has 0 bridgehead atoms. The lowest BCUT2D eigenvalue weighted by atomic mass is 10.0. The van der Waals surface area contributed by atoms with Crippen molar-refractivity contribution in [3.05, 3.63) is 101 Å². The van der Waals surface area contributed by atoms with Crippen LogP contribution in [0.3, 0.4) is 0 Å². The summed E-state index contributed by atoms with van der Waals surface area (Å²) in [7, 11) is 0. The van der Waals surface area contributed by atoms with Crippen molar-refractivity contribution in [3.8, 4) is 0 Å². The molecule has 0 aliphatic carbocycles. The molecule has 160 valence electrons. The third-order valence-corrected chi connectivity index (χ3v) is 5.99. The summed E-state index contributed by atoms with van der Waals surface area (Å²) in [6.07, 6.45) is 0.0196. The fourth-order valence-corrected chi connectivity index (χ4v) is 4.11. The van der Waals surface area contributed by atoms with Crippen LogP contribution in [0.25, 0.3) is 0 Å². The van der Waals surface area contributed by atoms with Crippen LogP contribution in [0.15, 0.2) is 83.9 Å². The van der Waals surface area contributed by atoms with Crippen molar-refractivity contribution < 1.29 is 4.74 Å². The minimum absolute atomic E-state index is 0.0196. The van der Waals surface area contributed by atoms with Crippen molar-refractivity contribution >= 4 is 23.0 Å². The molecule has 0 spiro atoms. The fraction of sp³-hybridized carbons (Fsp3) is 0.296. The Bertz CT molecular complexity index is 1000. The maximum absolute atomic E-state index is 6.72. The molecule has 3 nitrogen and oxygen atoms in total. The van der Waals surface area contributed by atoms with Crippen molar-refractivity contribution in [2.24, 2.45) is 4.99 Å². The predicted molar refractivity (Wildman–Crippen MR) is 130 cm³/mol. The summed E-state index contributed by atoms with van der Waals surface area (Å²) in [6.45, 7) is 9.28. The van der Waals surface area contributed by atoms with E-state index in [1.54, 1.807) is 0 Å². The van der Waals surface area contributed by atoms with Crippen LogP contribution in [0, 0.1) is 0 Å². The van der Waals surface area contributed by atoms with Gasteiger partial charge in [-0.25, -0.2) is 4.99 Å². The zero-order valence-electron chi connectivity index (χ0n) is 18.4. The molecule has 0 amide bonds. The summed E-state index contributed by atoms with van der Waals surface area (Å²) in [5.74, 6) is 0. The van der Waals surface area contributed by atoms with E-state index >= 15 is 0 Å². The second-order valence-electron chi connectivity index (χ2n) is 8.88. The van der Waals surface area contributed by atoms with E-state index in [2.05, 4.69) is 56.0 Å². The first-order valence-corrected chi connectivity index (χ1v) is 11.2. The maximum Gasteiger partial charge on any atom is 0.0953 e. The first kappa shape index (κ1) is 21.8. The van der Waals surface area contributed by atoms with Gasteiger partial charge in [-0.2, -0.15) is 0 Å². The first-order chi connectivity index (χ1) is 14.9. The highest BCUT2D eigenvalue weighted by molar-refractivity contribution is 6.33. The minimum atomic E-state index is 0.0196. The van der Waals surface area contributed by atoms with Crippen LogP contribution >= 0.6 is 11.6 Å². The van der Waals surface area contributed by atoms with Gasteiger partial charge in [0.25, 0.3) is 0 Å². The van der Waals surface area contributed by atoms with Crippen molar-refractivity contribution in [1.29, 1.82) is 0 Å². The summed E-state index contributed by atoms with van der Waals surface area (Å²) >= 11 is 6.72. The molecule has 4 rings (SSSR count). The van der Waals surface area contributed by atoms with Crippen molar-refractivity contribution in [3.63, 3.8) is 0 Å². The van der Waals surface area contributed by atoms with E-state index in [1.807, 2.05) is 48.5 Å². The van der Waals surface area contributed by atoms with Crippen LogP contribution in [-0.4, -0.2) is 35.8 Å². The molecule has 1 aliphatic rings. The molecule has 1 heterocycles. The van der Waals surface area contributed by atoms with Crippen LogP contribution in [0.4, 0.5) is 5.69 Å². The monoisotopic (exact) mass is 432 g/mol. The number of nitrogens with zero attached hydrogens (tertiary/aromatic N) is 2. The van der Waals surface area contributed by atoms with Crippen LogP contribution in [-0.2, 0) is 4.74 Å². The quantitative estimate of drug-likeness (QED) is 0.429. The molecule has 31 heavy (non-hydrogen) atoms. The van der Waals surface area contributed by atoms with Gasteiger partial charge in [-0.05, 0) is 38.5 Å². The summed E-state index contributed by atoms with van der Waals surface area (Å²) in [4.78, 5) is 7.43. The fourth-order valence-electron chi connectivity index (χ4n) is 3.88. The normalized spacial score (nSPS) is 17.4. The zero-order valence-corrected chi connectivity index (χ0v) is 19.1. The molecule has 1 atom stereocenters. The Hall–Kier alpha value is -2.46. The van der Waals surface area contributed by atoms with Crippen LogP contribution in [0.1, 0.15) is 43.6 Å². The number of benzene rings is 3. The topological polar surface area (TPSA) is 24.8 Å². The highest BCUT2D eigenvalue weighted by Gasteiger charge is 2.29. The second kappa shape index (κ2) is 9.35. The van der Waals surface area contributed by atoms with E-state index < -0.39 is 0 Å². The van der Waals surface area contributed by atoms with Crippen molar-refractivity contribution in [1.82, 2.24) is 4.90 Å². The van der Waals surface area contributed by atoms with Gasteiger partial charge >= 0.3 is 0 Å². The summed E-state index contributed by atoms with van der Waals surface area (Å²) < 4.78 is 6.07. The molecule has 1 aliphatic heterocycles. The van der Waals surface area contributed by atoms with Gasteiger partial charge in [-0.1, -0.05) is 78.3 Å². The lowest BCUT2D eigenvalue weighted by molar-refractivity contribution is -0.0596. The lowest BCUT2D eigenvalue weighted by Crippen LogP contribution is -2.48. The third kappa shape index (κ3) is 5.24. The Morgan fingerprint density at radius 1 is 0.935 bits per heavy atom. The van der Waals surface area contributed by atoms with Crippen molar-refractivity contribution in [2.75, 3.05) is 19.7 Å². The van der Waals surface area contributed by atoms with Gasteiger partial charge < -0.3 is 4.74 Å². The number of halogens is 1. The molecule has 0 saturated carbocycles. The molecule has 1 fully saturated rings. The molecule has 1 unspecified atom stereocenters. The highest BCUT2D eigenvalue weighted by Crippen LogP contribution is 2.33. The SMILES string of the molecule is CC(C)(C)N1CCOC(c2ccc(N=C(c3ccccc3)c3ccccc3)c(Cl)c2)C1. The summed E-state index contributed by atoms with van der Waals surface area (Å²) in [5.41, 5.74) is 5.01. The molecule has 3 aromatic rings. The second-order valence-corrected chi connectivity index (χ2v) is 9.29. The van der Waals surface area contributed by atoms with Gasteiger partial charge in [-0.3, -0.25) is 4.90 Å². The van der Waals surface area contributed by atoms with E-state index in [0.29, 0.717) is 5.02 Å². The van der Waals surface area contributed by atoms with E-state index in [-0.39, 0.29) is 11.6 Å². The smallest absolute Gasteiger partial charge is 0.0953 e. The average Bonchev–Trinajstić information content (AvgIpc) is 2.79. The number of rotatable bonds is 4. The number of aliphatic imine (C=N–C) groups is 1. The van der Waals surface area contributed by atoms with E-state index in [1.165, 1.54) is 0 Å². The van der Waals surface area contributed by atoms with Crippen molar-refractivity contribution in [2.45, 2.75) is 32.4 Å². The maximum atomic E-state index is 6.72. The largest absolute Gasteiger partial charge is 0.371 e. The first-order valence-electron chi connectivity index (χ1n) is 10.8. The summed E-state index contributed by atoms with van der Waals surface area (Å²) in [5, 5.41) is 0.637. The Balaban J connectivity index is 1.66. The van der Waals surface area contributed by atoms with Gasteiger partial charge in [0, 0.05) is 29.8 Å². The Labute approximate surface area is 190 Å². The number of ether oxygens (including phenoxy) is 1. The van der Waals surface area contributed by atoms with Gasteiger partial charge in [-0.15, -0.1) is 0 Å². The van der Waals surface area contributed by atoms with Crippen LogP contribution < -0.4 is 0 Å². The molecule has 1 saturated heterocycles. The molecule has 3 aromatic carbocycles. The Morgan fingerprint density at radius 2 is 1.55 bits per heavy atom. The standard InChI is InChI=1S/C27H29ClN2O/c1-27(2,3)30-16-17-31-25(19-30)22-14-15-24(23(28)18-22)29-26(20-10-6-4-7-11-20)21-12-8-5-9-13-21/h4-15,18,25H,16-17,19H2,1-3H3. The molecule has 0 aromatic heterocycles. The zero-order chi connectivity index (χ0) is 21.8. The Morgan fingerprint density at radius 3 is 2.10 bits per heavy atom. The highest BCUT2D eigenvalue weighted by atomic mass is 35.5. The summed E-state index contributed by atoms with van der Waals surface area (Å²) in [6, 6.07) is 26.5. The van der Waals surface area contributed by atoms with Gasteiger partial charge in [0.1, 0.15) is 0 Å². The molecule has 4 heteroatoms. The minimum Gasteiger partial charge on any atom is -0.371 e. The van der Waals surface area contributed by atoms with Gasteiger partial charge in [0.15, 0.2) is 0 Å². The lowest BCUT2D eigenvalue weighted by Gasteiger charge is -2.41. The van der Waals surface area contributed by atoms with E-state index in [0.717, 1.165) is 47.8 Å². The number of hydrogen-bond acceptors (Lipinski definition) is 3. The molecule has 0 radical (unpaired) electrons. The van der Waals surface area contributed by atoms with E-state index in [4.69, 9.17) is 21.3 Å². The number of morpholine rings is 1. The van der Waals surface area contributed by atoms with E-state index in [9.17, 15) is 0 Å². The molecular formula is C27H29ClN2O. The van der Waals surface area contributed by atoms with Crippen LogP contribution in [0.2, 0.25) is 5.02 Å². The Kier molecular flexibility index (Phi) is 6.57. The van der Waals surface area contributed by atoms with Crippen LogP contribution in [0.5, 0.6) is 0 Å². The average molecular weight is 433 g/mol.